The molecule has 2 atom stereocenters. The lowest BCUT2D eigenvalue weighted by atomic mass is 10.0. The fourth-order valence-electron chi connectivity index (χ4n) is 5.51. The van der Waals surface area contributed by atoms with Gasteiger partial charge in [-0.05, 0) is 70.6 Å². The minimum absolute atomic E-state index is 0.179. The molecule has 0 aromatic carbocycles. The van der Waals surface area contributed by atoms with Crippen LogP contribution in [0.5, 0.6) is 0 Å². The molecule has 0 bridgehead atoms. The van der Waals surface area contributed by atoms with E-state index in [0.29, 0.717) is 19.3 Å². The molecule has 9 nitrogen and oxygen atoms in total. The van der Waals surface area contributed by atoms with Crippen molar-refractivity contribution in [2.24, 2.45) is 5.92 Å². The van der Waals surface area contributed by atoms with Crippen LogP contribution in [0.2, 0.25) is 0 Å². The predicted molar refractivity (Wildman–Crippen MR) is 213 cm³/mol. The first-order valence-electron chi connectivity index (χ1n) is 20.3. The molecular formula is C42H75O9P. The van der Waals surface area contributed by atoms with E-state index in [-0.39, 0.29) is 25.6 Å². The maximum absolute atomic E-state index is 12.4. The fraction of sp³-hybridized carbons (Fsp3) is 0.762. The van der Waals surface area contributed by atoms with Crippen molar-refractivity contribution in [3.8, 4) is 0 Å². The van der Waals surface area contributed by atoms with Gasteiger partial charge in [0.25, 0.3) is 0 Å². The molecule has 52 heavy (non-hydrogen) atoms. The standard InChI is InChI=1S/C42H75O9P/c1-38(2)32-28-24-20-16-12-8-7-11-15-19-23-27-31-35-42(45)51-40(37-50-52(46,47)48)36-49-41(44)34-30-26-22-18-14-10-6-4-5-9-13-17-21-25-29-33-39(3)43/h5-6,9-10,17-18,21-22,38-40,43H,4,7-8,11-16,19-20,23-37H2,1-3H3,(H2,46,47,48)/b9-5-,10-6-,21-17-,22-18-/t39-,40-/m1/s1. The minimum atomic E-state index is -4.77. The first-order valence-corrected chi connectivity index (χ1v) is 21.9. The Labute approximate surface area is 317 Å². The Balaban J connectivity index is 4.03. The first kappa shape index (κ1) is 50.0. The molecule has 0 heterocycles. The number of phosphoric ester groups is 1. The Hall–Kier alpha value is -2.03. The number of rotatable bonds is 36. The molecule has 0 spiro atoms. The quantitative estimate of drug-likeness (QED) is 0.0247. The molecule has 0 saturated carbocycles. The fourth-order valence-corrected chi connectivity index (χ4v) is 5.87. The number of carbonyl (C=O) groups excluding carboxylic acids is 2. The van der Waals surface area contributed by atoms with Crippen molar-refractivity contribution in [3.05, 3.63) is 48.6 Å². The summed E-state index contributed by atoms with van der Waals surface area (Å²) in [5.41, 5.74) is 0. The van der Waals surface area contributed by atoms with Crippen LogP contribution in [0, 0.1) is 5.92 Å². The second-order valence-electron chi connectivity index (χ2n) is 14.4. The number of hydrogen-bond acceptors (Lipinski definition) is 7. The average Bonchev–Trinajstić information content (AvgIpc) is 3.08. The Morgan fingerprint density at radius 1 is 0.558 bits per heavy atom. The monoisotopic (exact) mass is 755 g/mol. The summed E-state index contributed by atoms with van der Waals surface area (Å²) in [6, 6.07) is 0. The van der Waals surface area contributed by atoms with Crippen molar-refractivity contribution < 1.29 is 43.0 Å². The molecule has 0 unspecified atom stereocenters. The van der Waals surface area contributed by atoms with Crippen molar-refractivity contribution in [2.45, 2.75) is 187 Å². The molecule has 0 radical (unpaired) electrons. The Morgan fingerprint density at radius 2 is 1.00 bits per heavy atom. The van der Waals surface area contributed by atoms with E-state index < -0.39 is 32.5 Å². The van der Waals surface area contributed by atoms with Gasteiger partial charge in [-0.15, -0.1) is 0 Å². The molecule has 302 valence electrons. The first-order chi connectivity index (χ1) is 25.0. The van der Waals surface area contributed by atoms with E-state index in [1.165, 1.54) is 64.2 Å². The second kappa shape index (κ2) is 36.0. The van der Waals surface area contributed by atoms with Crippen molar-refractivity contribution in [1.29, 1.82) is 0 Å². The van der Waals surface area contributed by atoms with E-state index in [2.05, 4.69) is 60.9 Å². The maximum atomic E-state index is 12.4. The summed E-state index contributed by atoms with van der Waals surface area (Å²) < 4.78 is 26.3. The van der Waals surface area contributed by atoms with Gasteiger partial charge in [0.05, 0.1) is 12.7 Å². The van der Waals surface area contributed by atoms with E-state index in [1.807, 2.05) is 13.0 Å². The molecule has 3 N–H and O–H groups in total. The van der Waals surface area contributed by atoms with Crippen molar-refractivity contribution >= 4 is 19.8 Å². The Kier molecular flexibility index (Phi) is 34.6. The van der Waals surface area contributed by atoms with Gasteiger partial charge in [0, 0.05) is 12.8 Å². The second-order valence-corrected chi connectivity index (χ2v) is 15.6. The van der Waals surface area contributed by atoms with Gasteiger partial charge in [0.1, 0.15) is 6.61 Å². The van der Waals surface area contributed by atoms with Gasteiger partial charge in [0.15, 0.2) is 6.10 Å². The molecular weight excluding hydrogens is 679 g/mol. The van der Waals surface area contributed by atoms with Crippen molar-refractivity contribution in [3.63, 3.8) is 0 Å². The third kappa shape index (κ3) is 40.7. The highest BCUT2D eigenvalue weighted by Crippen LogP contribution is 2.36. The van der Waals surface area contributed by atoms with E-state index in [1.54, 1.807) is 0 Å². The van der Waals surface area contributed by atoms with E-state index in [0.717, 1.165) is 63.7 Å². The lowest BCUT2D eigenvalue weighted by Crippen LogP contribution is -2.29. The molecule has 0 saturated heterocycles. The highest BCUT2D eigenvalue weighted by Gasteiger charge is 2.22. The molecule has 0 aromatic heterocycles. The van der Waals surface area contributed by atoms with Crippen LogP contribution in [0.25, 0.3) is 0 Å². The van der Waals surface area contributed by atoms with E-state index in [9.17, 15) is 19.3 Å². The smallest absolute Gasteiger partial charge is 0.462 e. The zero-order valence-corrected chi connectivity index (χ0v) is 33.9. The third-order valence-corrected chi connectivity index (χ3v) is 9.03. The zero-order valence-electron chi connectivity index (χ0n) is 33.0. The normalized spacial score (nSPS) is 13.7. The number of unbranched alkanes of at least 4 members (excludes halogenated alkanes) is 14. The summed E-state index contributed by atoms with van der Waals surface area (Å²) in [4.78, 5) is 42.8. The summed E-state index contributed by atoms with van der Waals surface area (Å²) in [6.07, 6.45) is 39.7. The van der Waals surface area contributed by atoms with Crippen LogP contribution in [0.1, 0.15) is 175 Å². The van der Waals surface area contributed by atoms with Crippen molar-refractivity contribution in [2.75, 3.05) is 13.2 Å². The number of allylic oxidation sites excluding steroid dienone is 8. The summed E-state index contributed by atoms with van der Waals surface area (Å²) in [6.45, 7) is 5.52. The van der Waals surface area contributed by atoms with Gasteiger partial charge >= 0.3 is 19.8 Å². The number of carbonyl (C=O) groups is 2. The molecule has 0 aromatic rings. The molecule has 0 rings (SSSR count). The summed E-state index contributed by atoms with van der Waals surface area (Å²) in [5.74, 6) is -0.149. The summed E-state index contributed by atoms with van der Waals surface area (Å²) >= 11 is 0. The largest absolute Gasteiger partial charge is 0.469 e. The molecule has 0 fully saturated rings. The Morgan fingerprint density at radius 3 is 1.48 bits per heavy atom. The third-order valence-electron chi connectivity index (χ3n) is 8.55. The van der Waals surface area contributed by atoms with Crippen LogP contribution in [0.15, 0.2) is 48.6 Å². The summed E-state index contributed by atoms with van der Waals surface area (Å²) in [5, 5.41) is 9.24. The number of ether oxygens (including phenoxy) is 2. The van der Waals surface area contributed by atoms with Crippen LogP contribution in [0.4, 0.5) is 0 Å². The number of aliphatic hydroxyl groups is 1. The van der Waals surface area contributed by atoms with Gasteiger partial charge in [-0.3, -0.25) is 14.1 Å². The topological polar surface area (TPSA) is 140 Å². The number of esters is 2. The van der Waals surface area contributed by atoms with E-state index >= 15 is 0 Å². The van der Waals surface area contributed by atoms with Crippen LogP contribution >= 0.6 is 7.82 Å². The zero-order chi connectivity index (χ0) is 38.5. The van der Waals surface area contributed by atoms with Crippen LogP contribution in [-0.4, -0.2) is 52.3 Å². The number of aliphatic hydroxyl groups excluding tert-OH is 1. The molecule has 0 aliphatic rings. The number of hydrogen-bond donors (Lipinski definition) is 3. The molecule has 0 aliphatic carbocycles. The van der Waals surface area contributed by atoms with Gasteiger partial charge in [-0.2, -0.15) is 0 Å². The Bertz CT molecular complexity index is 1010. The van der Waals surface area contributed by atoms with E-state index in [4.69, 9.17) is 19.3 Å². The SMILES string of the molecule is CC(C)CCCCCCCCCCCCCCCC(=O)O[C@H](COC(=O)CCC/C=C\C/C=C\C/C=C\C/C=C\CCC[C@@H](C)O)COP(=O)(O)O. The van der Waals surface area contributed by atoms with Gasteiger partial charge < -0.3 is 24.4 Å². The predicted octanol–water partition coefficient (Wildman–Crippen LogP) is 11.2. The maximum Gasteiger partial charge on any atom is 0.469 e. The minimum Gasteiger partial charge on any atom is -0.462 e. The molecule has 0 aliphatic heterocycles. The van der Waals surface area contributed by atoms with Gasteiger partial charge in [0.2, 0.25) is 0 Å². The number of phosphoric acid groups is 1. The summed E-state index contributed by atoms with van der Waals surface area (Å²) in [7, 11) is -4.77. The lowest BCUT2D eigenvalue weighted by molar-refractivity contribution is -0.161. The highest BCUT2D eigenvalue weighted by atomic mass is 31.2. The molecule has 10 heteroatoms. The van der Waals surface area contributed by atoms with Crippen molar-refractivity contribution in [1.82, 2.24) is 0 Å². The highest BCUT2D eigenvalue weighted by molar-refractivity contribution is 7.46. The van der Waals surface area contributed by atoms with Gasteiger partial charge in [-0.25, -0.2) is 4.57 Å². The van der Waals surface area contributed by atoms with Crippen LogP contribution < -0.4 is 0 Å². The van der Waals surface area contributed by atoms with Crippen LogP contribution in [-0.2, 0) is 28.2 Å². The lowest BCUT2D eigenvalue weighted by Gasteiger charge is -2.18. The van der Waals surface area contributed by atoms with Crippen LogP contribution in [0.3, 0.4) is 0 Å². The van der Waals surface area contributed by atoms with Gasteiger partial charge in [-0.1, -0.05) is 146 Å². The average molecular weight is 755 g/mol. The molecule has 0 amide bonds.